The van der Waals surface area contributed by atoms with Gasteiger partial charge in [-0.05, 0) is 41.5 Å². The molecular weight excluding hydrogens is 282 g/mol. The summed E-state index contributed by atoms with van der Waals surface area (Å²) in [5.41, 5.74) is 3.94. The monoisotopic (exact) mass is 297 g/mol. The van der Waals surface area contributed by atoms with Gasteiger partial charge in [0.1, 0.15) is 0 Å². The highest BCUT2D eigenvalue weighted by Crippen LogP contribution is 2.25. The molecule has 0 unspecified atom stereocenters. The summed E-state index contributed by atoms with van der Waals surface area (Å²) in [6.07, 6.45) is 0.426. The number of amides is 1. The van der Waals surface area contributed by atoms with Gasteiger partial charge in [0.05, 0.1) is 6.42 Å². The van der Waals surface area contributed by atoms with Crippen molar-refractivity contribution in [1.82, 2.24) is 5.32 Å². The first-order valence-electron chi connectivity index (χ1n) is 6.72. The van der Waals surface area contributed by atoms with E-state index in [1.54, 1.807) is 0 Å². The van der Waals surface area contributed by atoms with E-state index in [1.165, 1.54) is 5.56 Å². The predicted molar refractivity (Wildman–Crippen MR) is 88.3 cm³/mol. The van der Waals surface area contributed by atoms with Gasteiger partial charge in [0.15, 0.2) is 5.11 Å². The van der Waals surface area contributed by atoms with E-state index < -0.39 is 0 Å². The van der Waals surface area contributed by atoms with Crippen molar-refractivity contribution in [3.05, 3.63) is 59.7 Å². The summed E-state index contributed by atoms with van der Waals surface area (Å²) >= 11 is 5.28. The van der Waals surface area contributed by atoms with E-state index in [0.717, 1.165) is 16.9 Å². The summed E-state index contributed by atoms with van der Waals surface area (Å²) in [4.78, 5) is 11.3. The topological polar surface area (TPSA) is 53.2 Å². The number of rotatable bonds is 3. The van der Waals surface area contributed by atoms with Gasteiger partial charge in [-0.25, -0.2) is 0 Å². The van der Waals surface area contributed by atoms with E-state index >= 15 is 0 Å². The molecule has 1 heterocycles. The maximum Gasteiger partial charge on any atom is 0.228 e. The first kappa shape index (κ1) is 13.6. The van der Waals surface area contributed by atoms with Gasteiger partial charge in [-0.1, -0.05) is 30.3 Å². The second-order valence-corrected chi connectivity index (χ2v) is 5.30. The first-order valence-corrected chi connectivity index (χ1v) is 7.13. The van der Waals surface area contributed by atoms with E-state index in [1.807, 2.05) is 48.5 Å². The third-order valence-corrected chi connectivity index (χ3v) is 3.53. The molecule has 1 amide bonds. The zero-order valence-corrected chi connectivity index (χ0v) is 12.2. The molecule has 0 bridgehead atoms. The minimum Gasteiger partial charge on any atom is -0.358 e. The Morgan fingerprint density at radius 1 is 1.19 bits per heavy atom. The minimum atomic E-state index is 0.0342. The summed E-state index contributed by atoms with van der Waals surface area (Å²) in [6, 6.07) is 15.8. The zero-order chi connectivity index (χ0) is 14.7. The maximum atomic E-state index is 11.3. The van der Waals surface area contributed by atoms with Gasteiger partial charge in [-0.2, -0.15) is 0 Å². The number of hydrogen-bond acceptors (Lipinski definition) is 2. The first-order chi connectivity index (χ1) is 10.2. The summed E-state index contributed by atoms with van der Waals surface area (Å²) in [7, 11) is 0. The highest BCUT2D eigenvalue weighted by molar-refractivity contribution is 7.80. The van der Waals surface area contributed by atoms with Crippen LogP contribution in [0, 0.1) is 0 Å². The Labute approximate surface area is 128 Å². The fourth-order valence-corrected chi connectivity index (χ4v) is 2.45. The number of anilines is 2. The van der Waals surface area contributed by atoms with Crippen LogP contribution in [0.15, 0.2) is 48.5 Å². The molecule has 0 aliphatic carbocycles. The second kappa shape index (κ2) is 5.93. The van der Waals surface area contributed by atoms with Crippen LogP contribution in [-0.2, 0) is 17.8 Å². The fourth-order valence-electron chi connectivity index (χ4n) is 2.26. The molecule has 2 aromatic rings. The molecule has 3 N–H and O–H groups in total. The van der Waals surface area contributed by atoms with Crippen LogP contribution >= 0.6 is 12.2 Å². The predicted octanol–water partition coefficient (Wildman–Crippen LogP) is 2.67. The lowest BCUT2D eigenvalue weighted by atomic mass is 10.1. The number of carbonyl (C=O) groups excluding carboxylic acids is 1. The van der Waals surface area contributed by atoms with Crippen molar-refractivity contribution in [1.29, 1.82) is 0 Å². The SMILES string of the molecule is O=C1Cc2cc(NC(=S)NCc3ccccc3)ccc2N1. The van der Waals surface area contributed by atoms with Crippen LogP contribution in [0.2, 0.25) is 0 Å². The van der Waals surface area contributed by atoms with E-state index in [-0.39, 0.29) is 5.91 Å². The number of carbonyl (C=O) groups is 1. The van der Waals surface area contributed by atoms with Crippen LogP contribution < -0.4 is 16.0 Å². The van der Waals surface area contributed by atoms with Crippen molar-refractivity contribution < 1.29 is 4.79 Å². The Morgan fingerprint density at radius 2 is 2.00 bits per heavy atom. The van der Waals surface area contributed by atoms with Gasteiger partial charge >= 0.3 is 0 Å². The van der Waals surface area contributed by atoms with Crippen molar-refractivity contribution >= 4 is 34.6 Å². The van der Waals surface area contributed by atoms with E-state index in [2.05, 4.69) is 16.0 Å². The third kappa shape index (κ3) is 3.38. The highest BCUT2D eigenvalue weighted by Gasteiger charge is 2.17. The highest BCUT2D eigenvalue weighted by atomic mass is 32.1. The van der Waals surface area contributed by atoms with Gasteiger partial charge in [-0.3, -0.25) is 4.79 Å². The molecule has 0 spiro atoms. The normalized spacial score (nSPS) is 12.5. The van der Waals surface area contributed by atoms with Crippen LogP contribution in [-0.4, -0.2) is 11.0 Å². The average molecular weight is 297 g/mol. The molecule has 5 heteroatoms. The van der Waals surface area contributed by atoms with Gasteiger partial charge < -0.3 is 16.0 Å². The summed E-state index contributed by atoms with van der Waals surface area (Å²) in [5.74, 6) is 0.0342. The summed E-state index contributed by atoms with van der Waals surface area (Å²) in [6.45, 7) is 0.678. The van der Waals surface area contributed by atoms with Crippen LogP contribution in [0.5, 0.6) is 0 Å². The number of nitrogens with one attached hydrogen (secondary N) is 3. The molecule has 0 fully saturated rings. The minimum absolute atomic E-state index is 0.0342. The molecule has 0 radical (unpaired) electrons. The van der Waals surface area contributed by atoms with Crippen LogP contribution in [0.25, 0.3) is 0 Å². The second-order valence-electron chi connectivity index (χ2n) is 4.89. The molecule has 1 aliphatic heterocycles. The Morgan fingerprint density at radius 3 is 2.81 bits per heavy atom. The molecule has 0 aromatic heterocycles. The lowest BCUT2D eigenvalue weighted by Crippen LogP contribution is -2.27. The molecule has 0 atom stereocenters. The third-order valence-electron chi connectivity index (χ3n) is 3.28. The summed E-state index contributed by atoms with van der Waals surface area (Å²) < 4.78 is 0. The molecule has 3 rings (SSSR count). The lowest BCUT2D eigenvalue weighted by molar-refractivity contribution is -0.115. The molecule has 21 heavy (non-hydrogen) atoms. The van der Waals surface area contributed by atoms with Crippen molar-refractivity contribution in [3.63, 3.8) is 0 Å². The molecule has 2 aromatic carbocycles. The Hall–Kier alpha value is -2.40. The van der Waals surface area contributed by atoms with Crippen molar-refractivity contribution in [2.45, 2.75) is 13.0 Å². The number of hydrogen-bond donors (Lipinski definition) is 3. The van der Waals surface area contributed by atoms with E-state index in [0.29, 0.717) is 18.1 Å². The Bertz CT molecular complexity index is 685. The number of thiocarbonyl (C=S) groups is 1. The zero-order valence-electron chi connectivity index (χ0n) is 11.3. The quantitative estimate of drug-likeness (QED) is 0.762. The van der Waals surface area contributed by atoms with E-state index in [9.17, 15) is 4.79 Å². The molecule has 1 aliphatic rings. The molecule has 4 nitrogen and oxygen atoms in total. The molecule has 0 saturated carbocycles. The Balaban J connectivity index is 1.58. The lowest BCUT2D eigenvalue weighted by Gasteiger charge is -2.11. The standard InChI is InChI=1S/C16H15N3OS/c20-15-9-12-8-13(6-7-14(12)19-15)18-16(21)17-10-11-4-2-1-3-5-11/h1-8H,9-10H2,(H,19,20)(H2,17,18,21). The van der Waals surface area contributed by atoms with Crippen LogP contribution in [0.4, 0.5) is 11.4 Å². The Kier molecular flexibility index (Phi) is 3.83. The van der Waals surface area contributed by atoms with Gasteiger partial charge in [0, 0.05) is 17.9 Å². The van der Waals surface area contributed by atoms with Crippen LogP contribution in [0.1, 0.15) is 11.1 Å². The fraction of sp³-hybridized carbons (Fsp3) is 0.125. The van der Waals surface area contributed by atoms with Crippen molar-refractivity contribution in [2.75, 3.05) is 10.6 Å². The summed E-state index contributed by atoms with van der Waals surface area (Å²) in [5, 5.41) is 9.67. The smallest absolute Gasteiger partial charge is 0.228 e. The van der Waals surface area contributed by atoms with Crippen LogP contribution in [0.3, 0.4) is 0 Å². The van der Waals surface area contributed by atoms with E-state index in [4.69, 9.17) is 12.2 Å². The molecule has 106 valence electrons. The van der Waals surface area contributed by atoms with Gasteiger partial charge in [0.2, 0.25) is 5.91 Å². The number of fused-ring (bicyclic) bond motifs is 1. The number of benzene rings is 2. The van der Waals surface area contributed by atoms with Gasteiger partial charge in [0.25, 0.3) is 0 Å². The van der Waals surface area contributed by atoms with Gasteiger partial charge in [-0.15, -0.1) is 0 Å². The average Bonchev–Trinajstić information content (AvgIpc) is 2.85. The molecule has 0 saturated heterocycles. The largest absolute Gasteiger partial charge is 0.358 e. The maximum absolute atomic E-state index is 11.3. The van der Waals surface area contributed by atoms with Crippen molar-refractivity contribution in [2.24, 2.45) is 0 Å². The van der Waals surface area contributed by atoms with Crippen molar-refractivity contribution in [3.8, 4) is 0 Å². The molecular formula is C16H15N3OS.